The third kappa shape index (κ3) is 2.32. The number of aliphatic hydroxyl groups excluding tert-OH is 1. The van der Waals surface area contributed by atoms with Crippen LogP contribution in [0, 0.1) is 28.6 Å². The highest BCUT2D eigenvalue weighted by Gasteiger charge is 2.73. The number of carbonyl (C=O) groups is 2. The van der Waals surface area contributed by atoms with Gasteiger partial charge >= 0.3 is 11.9 Å². The number of ether oxygens (including phenoxy) is 1. The van der Waals surface area contributed by atoms with Gasteiger partial charge in [-0.2, -0.15) is 0 Å². The van der Waals surface area contributed by atoms with Gasteiger partial charge in [0.15, 0.2) is 0 Å². The zero-order valence-corrected chi connectivity index (χ0v) is 17.5. The van der Waals surface area contributed by atoms with E-state index in [-0.39, 0.29) is 49.6 Å². The second-order valence-corrected chi connectivity index (χ2v) is 10.8. The molecule has 0 amide bonds. The van der Waals surface area contributed by atoms with E-state index in [2.05, 4.69) is 6.92 Å². The smallest absolute Gasteiger partial charge is 0.331 e. The average molecular weight is 421 g/mol. The van der Waals surface area contributed by atoms with E-state index in [0.29, 0.717) is 32.1 Å². The minimum absolute atomic E-state index is 0.0460. The highest BCUT2D eigenvalue weighted by molar-refractivity contribution is 5.85. The van der Waals surface area contributed by atoms with E-state index in [9.17, 15) is 30.0 Å². The fraction of sp³-hybridized carbons (Fsp3) is 0.826. The minimum Gasteiger partial charge on any atom is -0.481 e. The zero-order valence-electron chi connectivity index (χ0n) is 17.5. The third-order valence-electron chi connectivity index (χ3n) is 9.94. The number of cyclic esters (lactones) is 1. The van der Waals surface area contributed by atoms with Crippen LogP contribution in [-0.4, -0.2) is 56.3 Å². The van der Waals surface area contributed by atoms with E-state index in [0.717, 1.165) is 12.0 Å². The maximum Gasteiger partial charge on any atom is 0.331 e. The van der Waals surface area contributed by atoms with Crippen molar-refractivity contribution in [2.75, 3.05) is 6.61 Å². The molecule has 30 heavy (non-hydrogen) atoms. The van der Waals surface area contributed by atoms with Crippen molar-refractivity contribution in [3.05, 3.63) is 11.6 Å². The Hall–Kier alpha value is -1.44. The van der Waals surface area contributed by atoms with E-state index in [1.54, 1.807) is 6.08 Å². The molecule has 0 radical (unpaired) electrons. The molecule has 5 rings (SSSR count). The SMILES string of the molecule is C[C@]12CCC3C(CCC4(O)CC(O)CC[C@]34C(=O)O)C1(O)CCC2C1=CC(=O)OC1. The number of rotatable bonds is 2. The van der Waals surface area contributed by atoms with Crippen molar-refractivity contribution in [3.63, 3.8) is 0 Å². The van der Waals surface area contributed by atoms with E-state index < -0.39 is 34.1 Å². The maximum atomic E-state index is 12.7. The molecule has 5 aliphatic rings. The second kappa shape index (κ2) is 6.30. The molecule has 4 N–H and O–H groups in total. The summed E-state index contributed by atoms with van der Waals surface area (Å²) in [6.07, 6.45) is 5.00. The normalized spacial score (nSPS) is 52.7. The predicted octanol–water partition coefficient (Wildman–Crippen LogP) is 1.78. The number of hydrogen-bond donors (Lipinski definition) is 4. The molecule has 0 saturated heterocycles. The lowest BCUT2D eigenvalue weighted by Gasteiger charge is -2.65. The number of fused-ring (bicyclic) bond motifs is 5. The Bertz CT molecular complexity index is 822. The summed E-state index contributed by atoms with van der Waals surface area (Å²) in [4.78, 5) is 24.3. The standard InChI is InChI=1S/C23H32O7/c1-20-6-3-16-17(23(20,29)9-5-15(20)13-10-18(25)30-12-13)4-7-21(28)11-14(24)2-8-22(16,21)19(26)27/h10,14-17,24,28-29H,2-9,11-12H2,1H3,(H,26,27)/t14?,15?,16?,17?,20-,21?,22-,23?/m1/s1. The topological polar surface area (TPSA) is 124 Å². The van der Waals surface area contributed by atoms with Crippen LogP contribution in [0.2, 0.25) is 0 Å². The molecule has 8 atom stereocenters. The summed E-state index contributed by atoms with van der Waals surface area (Å²) in [5.74, 6) is -1.82. The van der Waals surface area contributed by atoms with Crippen LogP contribution in [-0.2, 0) is 14.3 Å². The lowest BCUT2D eigenvalue weighted by Crippen LogP contribution is -2.70. The molecular formula is C23H32O7. The third-order valence-corrected chi connectivity index (χ3v) is 9.94. The molecule has 0 aromatic carbocycles. The van der Waals surface area contributed by atoms with E-state index >= 15 is 0 Å². The molecule has 4 aliphatic carbocycles. The van der Waals surface area contributed by atoms with Crippen molar-refractivity contribution in [2.24, 2.45) is 28.6 Å². The van der Waals surface area contributed by atoms with Crippen molar-refractivity contribution in [1.29, 1.82) is 0 Å². The molecule has 0 spiro atoms. The largest absolute Gasteiger partial charge is 0.481 e. The highest BCUT2D eigenvalue weighted by Crippen LogP contribution is 2.70. The number of hydrogen-bond acceptors (Lipinski definition) is 6. The number of carboxylic acid groups (broad SMARTS) is 1. The maximum absolute atomic E-state index is 12.7. The number of aliphatic hydroxyl groups is 3. The summed E-state index contributed by atoms with van der Waals surface area (Å²) >= 11 is 0. The van der Waals surface area contributed by atoms with Gasteiger partial charge in [0.25, 0.3) is 0 Å². The predicted molar refractivity (Wildman–Crippen MR) is 105 cm³/mol. The van der Waals surface area contributed by atoms with Gasteiger partial charge in [0.1, 0.15) is 6.61 Å². The zero-order chi connectivity index (χ0) is 21.5. The van der Waals surface area contributed by atoms with Crippen molar-refractivity contribution in [3.8, 4) is 0 Å². The van der Waals surface area contributed by atoms with Crippen LogP contribution in [0.5, 0.6) is 0 Å². The Balaban J connectivity index is 1.54. The number of aliphatic carboxylic acids is 1. The average Bonchev–Trinajstić information content (AvgIpc) is 3.21. The van der Waals surface area contributed by atoms with Gasteiger partial charge in [-0.05, 0) is 74.7 Å². The first-order valence-electron chi connectivity index (χ1n) is 11.3. The molecule has 6 unspecified atom stereocenters. The van der Waals surface area contributed by atoms with Crippen molar-refractivity contribution in [1.82, 2.24) is 0 Å². The lowest BCUT2D eigenvalue weighted by molar-refractivity contribution is -0.260. The molecule has 4 saturated carbocycles. The van der Waals surface area contributed by atoms with Gasteiger partial charge in [-0.25, -0.2) is 4.79 Å². The fourth-order valence-electron chi connectivity index (χ4n) is 8.49. The Morgan fingerprint density at radius 3 is 2.47 bits per heavy atom. The summed E-state index contributed by atoms with van der Waals surface area (Å²) in [5.41, 5.74) is -3.30. The van der Waals surface area contributed by atoms with E-state index in [1.165, 1.54) is 0 Å². The molecule has 1 heterocycles. The van der Waals surface area contributed by atoms with Crippen LogP contribution < -0.4 is 0 Å². The quantitative estimate of drug-likeness (QED) is 0.502. The van der Waals surface area contributed by atoms with Gasteiger partial charge in [0, 0.05) is 17.9 Å². The van der Waals surface area contributed by atoms with Crippen LogP contribution >= 0.6 is 0 Å². The van der Waals surface area contributed by atoms with Gasteiger partial charge in [0.05, 0.1) is 22.7 Å². The molecule has 0 aromatic rings. The minimum atomic E-state index is -1.44. The molecule has 7 nitrogen and oxygen atoms in total. The number of carbonyl (C=O) groups excluding carboxylic acids is 1. The summed E-state index contributed by atoms with van der Waals surface area (Å²) < 4.78 is 5.14. The summed E-state index contributed by atoms with van der Waals surface area (Å²) in [5, 5.41) is 44.1. The van der Waals surface area contributed by atoms with Crippen LogP contribution in [0.25, 0.3) is 0 Å². The molecular weight excluding hydrogens is 388 g/mol. The summed E-state index contributed by atoms with van der Waals surface area (Å²) in [6, 6.07) is 0. The first-order valence-corrected chi connectivity index (χ1v) is 11.3. The van der Waals surface area contributed by atoms with E-state index in [1.807, 2.05) is 0 Å². The first kappa shape index (κ1) is 20.5. The first-order chi connectivity index (χ1) is 14.1. The molecule has 4 fully saturated rings. The van der Waals surface area contributed by atoms with Crippen LogP contribution in [0.1, 0.15) is 64.7 Å². The number of esters is 1. The van der Waals surface area contributed by atoms with Gasteiger partial charge in [-0.1, -0.05) is 6.92 Å². The fourth-order valence-corrected chi connectivity index (χ4v) is 8.49. The van der Waals surface area contributed by atoms with Crippen LogP contribution in [0.15, 0.2) is 11.6 Å². The Morgan fingerprint density at radius 2 is 1.80 bits per heavy atom. The van der Waals surface area contributed by atoms with Gasteiger partial charge in [-0.15, -0.1) is 0 Å². The second-order valence-electron chi connectivity index (χ2n) is 10.8. The van der Waals surface area contributed by atoms with Crippen LogP contribution in [0.4, 0.5) is 0 Å². The monoisotopic (exact) mass is 420 g/mol. The van der Waals surface area contributed by atoms with Crippen molar-refractivity contribution >= 4 is 11.9 Å². The van der Waals surface area contributed by atoms with Crippen LogP contribution in [0.3, 0.4) is 0 Å². The molecule has 166 valence electrons. The van der Waals surface area contributed by atoms with E-state index in [4.69, 9.17) is 4.74 Å². The Kier molecular flexibility index (Phi) is 4.30. The molecule has 7 heteroatoms. The van der Waals surface area contributed by atoms with Crippen molar-refractivity contribution in [2.45, 2.75) is 82.0 Å². The summed E-state index contributed by atoms with van der Waals surface area (Å²) in [7, 11) is 0. The molecule has 0 bridgehead atoms. The summed E-state index contributed by atoms with van der Waals surface area (Å²) in [6.45, 7) is 2.36. The molecule has 1 aliphatic heterocycles. The number of carboxylic acids is 1. The molecule has 0 aromatic heterocycles. The Labute approximate surface area is 176 Å². The van der Waals surface area contributed by atoms with Crippen molar-refractivity contribution < 1.29 is 34.8 Å². The van der Waals surface area contributed by atoms with Gasteiger partial charge < -0.3 is 25.2 Å². The Morgan fingerprint density at radius 1 is 1.07 bits per heavy atom. The van der Waals surface area contributed by atoms with Gasteiger partial charge in [0.2, 0.25) is 0 Å². The lowest BCUT2D eigenvalue weighted by atomic mass is 9.41. The van der Waals surface area contributed by atoms with Gasteiger partial charge in [-0.3, -0.25) is 4.79 Å². The highest BCUT2D eigenvalue weighted by atomic mass is 16.5.